The lowest BCUT2D eigenvalue weighted by Crippen LogP contribution is -2.45. The molecule has 24 heavy (non-hydrogen) atoms. The van der Waals surface area contributed by atoms with Crippen LogP contribution in [0.1, 0.15) is 19.8 Å². The van der Waals surface area contributed by atoms with Crippen molar-refractivity contribution >= 4 is 28.4 Å². The summed E-state index contributed by atoms with van der Waals surface area (Å²) < 4.78 is 2.09. The summed E-state index contributed by atoms with van der Waals surface area (Å²) in [5, 5.41) is 13.1. The number of piperidine rings is 1. The van der Waals surface area contributed by atoms with E-state index in [2.05, 4.69) is 16.8 Å². The molecule has 1 aliphatic heterocycles. The van der Waals surface area contributed by atoms with Crippen molar-refractivity contribution < 1.29 is 14.7 Å². The van der Waals surface area contributed by atoms with Gasteiger partial charge in [0.15, 0.2) is 0 Å². The standard InChI is InChI=1S/C18H23N3O3/c1-2-20-9-7-14-5-6-15(10-16(14)20)19-17(23)18(24)21-8-3-4-13(11-21)12-22/h5-7,9-10,13,22H,2-4,8,11-12H2,1H3,(H,19,23). The number of carbonyl (C=O) groups excluding carboxylic acids is 2. The Hall–Kier alpha value is -2.34. The van der Waals surface area contributed by atoms with Crippen LogP contribution < -0.4 is 5.32 Å². The first-order valence-electron chi connectivity index (χ1n) is 8.42. The van der Waals surface area contributed by atoms with Crippen LogP contribution in [0.25, 0.3) is 10.9 Å². The molecule has 6 heteroatoms. The molecule has 128 valence electrons. The SMILES string of the molecule is CCn1ccc2ccc(NC(=O)C(=O)N3CCCC(CO)C3)cc21. The molecule has 2 heterocycles. The summed E-state index contributed by atoms with van der Waals surface area (Å²) in [5.74, 6) is -1.08. The molecule has 1 aliphatic rings. The van der Waals surface area contributed by atoms with Crippen molar-refractivity contribution in [1.29, 1.82) is 0 Å². The van der Waals surface area contributed by atoms with E-state index in [1.54, 1.807) is 6.07 Å². The number of aryl methyl sites for hydroxylation is 1. The number of aliphatic hydroxyl groups excluding tert-OH is 1. The lowest BCUT2D eigenvalue weighted by atomic mass is 9.99. The van der Waals surface area contributed by atoms with Gasteiger partial charge in [0.05, 0.1) is 5.52 Å². The molecule has 1 aromatic carbocycles. The Morgan fingerprint density at radius 3 is 2.92 bits per heavy atom. The van der Waals surface area contributed by atoms with E-state index in [1.165, 1.54) is 4.90 Å². The van der Waals surface area contributed by atoms with Crippen LogP contribution >= 0.6 is 0 Å². The zero-order chi connectivity index (χ0) is 17.1. The second kappa shape index (κ2) is 7.05. The average molecular weight is 329 g/mol. The summed E-state index contributed by atoms with van der Waals surface area (Å²) in [4.78, 5) is 26.1. The Bertz CT molecular complexity index is 753. The van der Waals surface area contributed by atoms with Gasteiger partial charge < -0.3 is 19.9 Å². The van der Waals surface area contributed by atoms with Gasteiger partial charge in [0.1, 0.15) is 0 Å². The lowest BCUT2D eigenvalue weighted by Gasteiger charge is -2.31. The van der Waals surface area contributed by atoms with Crippen molar-refractivity contribution in [3.05, 3.63) is 30.5 Å². The maximum Gasteiger partial charge on any atom is 0.313 e. The third kappa shape index (κ3) is 3.28. The predicted molar refractivity (Wildman–Crippen MR) is 92.6 cm³/mol. The van der Waals surface area contributed by atoms with Crippen molar-refractivity contribution in [2.45, 2.75) is 26.3 Å². The van der Waals surface area contributed by atoms with E-state index in [0.717, 1.165) is 30.3 Å². The first-order valence-corrected chi connectivity index (χ1v) is 8.42. The van der Waals surface area contributed by atoms with Gasteiger partial charge in [-0.15, -0.1) is 0 Å². The molecule has 1 unspecified atom stereocenters. The second-order valence-corrected chi connectivity index (χ2v) is 6.27. The highest BCUT2D eigenvalue weighted by molar-refractivity contribution is 6.39. The smallest absolute Gasteiger partial charge is 0.313 e. The number of benzene rings is 1. The number of rotatable bonds is 3. The molecule has 6 nitrogen and oxygen atoms in total. The molecule has 0 saturated carbocycles. The minimum absolute atomic E-state index is 0.0517. The molecule has 2 aromatic rings. The summed E-state index contributed by atoms with van der Waals surface area (Å²) in [5.41, 5.74) is 1.64. The van der Waals surface area contributed by atoms with Gasteiger partial charge in [-0.1, -0.05) is 6.07 Å². The molecule has 0 aliphatic carbocycles. The van der Waals surface area contributed by atoms with Crippen LogP contribution in [0, 0.1) is 5.92 Å². The zero-order valence-electron chi connectivity index (χ0n) is 13.9. The van der Waals surface area contributed by atoms with Gasteiger partial charge in [-0.3, -0.25) is 9.59 Å². The molecule has 2 amide bonds. The largest absolute Gasteiger partial charge is 0.396 e. The van der Waals surface area contributed by atoms with E-state index >= 15 is 0 Å². The molecule has 1 fully saturated rings. The van der Waals surface area contributed by atoms with Crippen LogP contribution in [-0.4, -0.2) is 46.1 Å². The number of aromatic nitrogens is 1. The second-order valence-electron chi connectivity index (χ2n) is 6.27. The van der Waals surface area contributed by atoms with Gasteiger partial charge in [0, 0.05) is 38.1 Å². The van der Waals surface area contributed by atoms with Gasteiger partial charge in [-0.25, -0.2) is 0 Å². The molecule has 0 bridgehead atoms. The van der Waals surface area contributed by atoms with Crippen LogP contribution in [0.15, 0.2) is 30.5 Å². The zero-order valence-corrected chi connectivity index (χ0v) is 13.9. The van der Waals surface area contributed by atoms with Gasteiger partial charge >= 0.3 is 11.8 Å². The van der Waals surface area contributed by atoms with Gasteiger partial charge in [0.2, 0.25) is 0 Å². The molecule has 0 spiro atoms. The highest BCUT2D eigenvalue weighted by Crippen LogP contribution is 2.21. The lowest BCUT2D eigenvalue weighted by molar-refractivity contribution is -0.144. The Labute approximate surface area is 141 Å². The van der Waals surface area contributed by atoms with E-state index in [4.69, 9.17) is 0 Å². The van der Waals surface area contributed by atoms with E-state index in [9.17, 15) is 14.7 Å². The number of nitrogens with zero attached hydrogens (tertiary/aromatic N) is 2. The van der Waals surface area contributed by atoms with E-state index < -0.39 is 11.8 Å². The molecule has 2 N–H and O–H groups in total. The van der Waals surface area contributed by atoms with Gasteiger partial charge in [0.25, 0.3) is 0 Å². The highest BCUT2D eigenvalue weighted by atomic mass is 16.3. The van der Waals surface area contributed by atoms with Crippen LogP contribution in [0.4, 0.5) is 5.69 Å². The third-order valence-electron chi connectivity index (χ3n) is 4.63. The van der Waals surface area contributed by atoms with E-state index in [1.807, 2.05) is 24.4 Å². The number of aliphatic hydroxyl groups is 1. The van der Waals surface area contributed by atoms with Crippen molar-refractivity contribution in [3.8, 4) is 0 Å². The maximum absolute atomic E-state index is 12.3. The fraction of sp³-hybridized carbons (Fsp3) is 0.444. The minimum Gasteiger partial charge on any atom is -0.396 e. The summed E-state index contributed by atoms with van der Waals surface area (Å²) in [6.45, 7) is 3.97. The predicted octanol–water partition coefficient (Wildman–Crippen LogP) is 1.83. The number of hydrogen-bond donors (Lipinski definition) is 2. The van der Waals surface area contributed by atoms with Crippen molar-refractivity contribution in [3.63, 3.8) is 0 Å². The number of nitrogens with one attached hydrogen (secondary N) is 1. The Morgan fingerprint density at radius 1 is 1.33 bits per heavy atom. The number of anilines is 1. The van der Waals surface area contributed by atoms with Gasteiger partial charge in [-0.05, 0) is 49.3 Å². The van der Waals surface area contributed by atoms with E-state index in [0.29, 0.717) is 18.8 Å². The summed E-state index contributed by atoms with van der Waals surface area (Å²) in [6.07, 6.45) is 3.72. The molecule has 1 atom stereocenters. The quantitative estimate of drug-likeness (QED) is 0.844. The van der Waals surface area contributed by atoms with E-state index in [-0.39, 0.29) is 12.5 Å². The Morgan fingerprint density at radius 2 is 2.17 bits per heavy atom. The number of amides is 2. The molecule has 3 rings (SSSR count). The maximum atomic E-state index is 12.3. The van der Waals surface area contributed by atoms with Gasteiger partial charge in [-0.2, -0.15) is 0 Å². The average Bonchev–Trinajstić information content (AvgIpc) is 3.03. The van der Waals surface area contributed by atoms with Crippen LogP contribution in [0.2, 0.25) is 0 Å². The fourth-order valence-electron chi connectivity index (χ4n) is 3.26. The Kier molecular flexibility index (Phi) is 4.85. The summed E-state index contributed by atoms with van der Waals surface area (Å²) in [7, 11) is 0. The highest BCUT2D eigenvalue weighted by Gasteiger charge is 2.27. The molecular formula is C18H23N3O3. The molecule has 0 radical (unpaired) electrons. The molecule has 1 saturated heterocycles. The molecular weight excluding hydrogens is 306 g/mol. The third-order valence-corrected chi connectivity index (χ3v) is 4.63. The number of fused-ring (bicyclic) bond motifs is 1. The summed E-state index contributed by atoms with van der Waals surface area (Å²) >= 11 is 0. The topological polar surface area (TPSA) is 74.6 Å². The van der Waals surface area contributed by atoms with Crippen molar-refractivity contribution in [2.24, 2.45) is 5.92 Å². The molecule has 1 aromatic heterocycles. The van der Waals surface area contributed by atoms with Crippen LogP contribution in [0.3, 0.4) is 0 Å². The normalized spacial score (nSPS) is 17.9. The fourth-order valence-corrected chi connectivity index (χ4v) is 3.26. The Balaban J connectivity index is 1.70. The minimum atomic E-state index is -0.623. The first kappa shape index (κ1) is 16.5. The number of likely N-dealkylation sites (tertiary alicyclic amines) is 1. The number of hydrogen-bond acceptors (Lipinski definition) is 3. The first-order chi connectivity index (χ1) is 11.6. The summed E-state index contributed by atoms with van der Waals surface area (Å²) in [6, 6.07) is 7.65. The van der Waals surface area contributed by atoms with Crippen molar-refractivity contribution in [2.75, 3.05) is 25.0 Å². The monoisotopic (exact) mass is 329 g/mol. The van der Waals surface area contributed by atoms with Crippen molar-refractivity contribution in [1.82, 2.24) is 9.47 Å². The number of carbonyl (C=O) groups is 2. The van der Waals surface area contributed by atoms with Crippen LogP contribution in [0.5, 0.6) is 0 Å². The van der Waals surface area contributed by atoms with Crippen LogP contribution in [-0.2, 0) is 16.1 Å².